The highest BCUT2D eigenvalue weighted by Crippen LogP contribution is 2.22. The van der Waals surface area contributed by atoms with Crippen molar-refractivity contribution >= 4 is 17.6 Å². The number of hydrogen-bond acceptors (Lipinski definition) is 4. The van der Waals surface area contributed by atoms with E-state index in [1.807, 2.05) is 0 Å². The molecule has 2 rings (SSSR count). The number of amides is 1. The van der Waals surface area contributed by atoms with Gasteiger partial charge >= 0.3 is 5.97 Å². The molecule has 6 nitrogen and oxygen atoms in total. The van der Waals surface area contributed by atoms with Gasteiger partial charge in [-0.25, -0.2) is 4.79 Å². The monoisotopic (exact) mass is 339 g/mol. The lowest BCUT2D eigenvalue weighted by atomic mass is 10.1. The van der Waals surface area contributed by atoms with Gasteiger partial charge in [-0.15, -0.1) is 0 Å². The van der Waals surface area contributed by atoms with E-state index in [2.05, 4.69) is 17.2 Å². The lowest BCUT2D eigenvalue weighted by Gasteiger charge is -2.07. The number of carbonyl (C=O) groups excluding carboxylic acids is 1. The van der Waals surface area contributed by atoms with E-state index in [4.69, 9.17) is 9.47 Å². The third-order valence-corrected chi connectivity index (χ3v) is 3.33. The van der Waals surface area contributed by atoms with E-state index in [9.17, 15) is 14.7 Å². The minimum atomic E-state index is -1.08. The number of anilines is 1. The zero-order valence-corrected chi connectivity index (χ0v) is 14.0. The summed E-state index contributed by atoms with van der Waals surface area (Å²) in [5, 5.41) is 12.0. The highest BCUT2D eigenvalue weighted by Gasteiger charge is 2.10. The van der Waals surface area contributed by atoms with Crippen LogP contribution >= 0.6 is 0 Å². The van der Waals surface area contributed by atoms with E-state index in [-0.39, 0.29) is 11.5 Å². The number of nitrogens with one attached hydrogen (secondary N) is 1. The Morgan fingerprint density at radius 3 is 2.08 bits per heavy atom. The molecule has 0 spiro atoms. The van der Waals surface area contributed by atoms with Crippen LogP contribution < -0.4 is 14.8 Å². The van der Waals surface area contributed by atoms with Crippen LogP contribution in [-0.2, 0) is 4.79 Å². The highest BCUT2D eigenvalue weighted by molar-refractivity contribution is 5.92. The van der Waals surface area contributed by atoms with Gasteiger partial charge in [-0.2, -0.15) is 0 Å². The van der Waals surface area contributed by atoms with Gasteiger partial charge in [0.1, 0.15) is 11.5 Å². The molecule has 0 aromatic heterocycles. The van der Waals surface area contributed by atoms with Gasteiger partial charge in [-0.05, 0) is 36.4 Å². The summed E-state index contributed by atoms with van der Waals surface area (Å²) < 4.78 is 10.3. The van der Waals surface area contributed by atoms with E-state index >= 15 is 0 Å². The molecule has 0 bridgehead atoms. The van der Waals surface area contributed by atoms with Crippen LogP contribution in [0.25, 0.3) is 0 Å². The van der Waals surface area contributed by atoms with Crippen LogP contribution in [-0.4, -0.2) is 31.2 Å². The van der Waals surface area contributed by atoms with Gasteiger partial charge in [0.05, 0.1) is 31.0 Å². The molecular formula is C19H17NO5. The van der Waals surface area contributed by atoms with Gasteiger partial charge in [-0.3, -0.25) is 4.79 Å². The Morgan fingerprint density at radius 1 is 0.960 bits per heavy atom. The van der Waals surface area contributed by atoms with Gasteiger partial charge < -0.3 is 19.9 Å². The second-order valence-corrected chi connectivity index (χ2v) is 5.06. The van der Waals surface area contributed by atoms with E-state index < -0.39 is 5.97 Å². The summed E-state index contributed by atoms with van der Waals surface area (Å²) in [6, 6.07) is 9.58. The SMILES string of the molecule is COc1ccc(NC(C)=O)c(C#Cc2cc(OC)ccc2C(=O)O)c1. The number of aromatic carboxylic acids is 1. The molecule has 2 aromatic rings. The highest BCUT2D eigenvalue weighted by atomic mass is 16.5. The molecule has 1 amide bonds. The fraction of sp³-hybridized carbons (Fsp3) is 0.158. The summed E-state index contributed by atoms with van der Waals surface area (Å²) in [6.07, 6.45) is 0. The summed E-state index contributed by atoms with van der Waals surface area (Å²) in [5.74, 6) is 5.48. The predicted octanol–water partition coefficient (Wildman–Crippen LogP) is 2.76. The molecule has 25 heavy (non-hydrogen) atoms. The molecule has 2 N–H and O–H groups in total. The summed E-state index contributed by atoms with van der Waals surface area (Å²) in [6.45, 7) is 1.39. The summed E-state index contributed by atoms with van der Waals surface area (Å²) >= 11 is 0. The number of carbonyl (C=O) groups is 2. The van der Waals surface area contributed by atoms with E-state index in [1.54, 1.807) is 30.3 Å². The maximum atomic E-state index is 11.4. The van der Waals surface area contributed by atoms with Crippen molar-refractivity contribution in [3.63, 3.8) is 0 Å². The smallest absolute Gasteiger partial charge is 0.336 e. The third kappa shape index (κ3) is 4.52. The van der Waals surface area contributed by atoms with Crippen LogP contribution in [0.4, 0.5) is 5.69 Å². The second-order valence-electron chi connectivity index (χ2n) is 5.06. The predicted molar refractivity (Wildman–Crippen MR) is 93.2 cm³/mol. The van der Waals surface area contributed by atoms with Crippen molar-refractivity contribution in [2.75, 3.05) is 19.5 Å². The Bertz CT molecular complexity index is 877. The van der Waals surface area contributed by atoms with Crippen LogP contribution in [0, 0.1) is 11.8 Å². The molecule has 0 unspecified atom stereocenters. The van der Waals surface area contributed by atoms with E-state index in [1.165, 1.54) is 27.2 Å². The Labute approximate surface area is 145 Å². The third-order valence-electron chi connectivity index (χ3n) is 3.33. The number of hydrogen-bond donors (Lipinski definition) is 2. The quantitative estimate of drug-likeness (QED) is 0.837. The first-order valence-corrected chi connectivity index (χ1v) is 7.33. The number of carboxylic acids is 1. The molecule has 0 aliphatic carbocycles. The summed E-state index contributed by atoms with van der Waals surface area (Å²) in [5.41, 5.74) is 1.40. The molecule has 0 saturated heterocycles. The zero-order chi connectivity index (χ0) is 18.4. The lowest BCUT2D eigenvalue weighted by molar-refractivity contribution is -0.114. The maximum absolute atomic E-state index is 11.4. The normalized spacial score (nSPS) is 9.56. The van der Waals surface area contributed by atoms with Crippen molar-refractivity contribution in [2.24, 2.45) is 0 Å². The molecular weight excluding hydrogens is 322 g/mol. The standard InChI is InChI=1S/C19H17NO5/c1-12(21)20-18-9-7-16(25-3)11-14(18)5-4-13-10-15(24-2)6-8-17(13)19(22)23/h6-11H,1-3H3,(H,20,21)(H,22,23). The maximum Gasteiger partial charge on any atom is 0.336 e. The average Bonchev–Trinajstić information content (AvgIpc) is 2.59. The molecule has 0 saturated carbocycles. The molecule has 0 aliphatic heterocycles. The number of carboxylic acid groups (broad SMARTS) is 1. The second kappa shape index (κ2) is 7.88. The van der Waals surface area contributed by atoms with Gasteiger partial charge in [0.15, 0.2) is 0 Å². The first kappa shape index (κ1) is 17.9. The van der Waals surface area contributed by atoms with Crippen LogP contribution in [0.2, 0.25) is 0 Å². The first-order chi connectivity index (χ1) is 11.9. The molecule has 0 atom stereocenters. The van der Waals surface area contributed by atoms with Gasteiger partial charge in [-0.1, -0.05) is 11.8 Å². The fourth-order valence-electron chi connectivity index (χ4n) is 2.13. The van der Waals surface area contributed by atoms with Crippen LogP contribution in [0.15, 0.2) is 36.4 Å². The van der Waals surface area contributed by atoms with Gasteiger partial charge in [0, 0.05) is 12.5 Å². The van der Waals surface area contributed by atoms with Crippen molar-refractivity contribution in [3.8, 4) is 23.3 Å². The van der Waals surface area contributed by atoms with Crippen LogP contribution in [0.1, 0.15) is 28.4 Å². The Kier molecular flexibility index (Phi) is 5.64. The topological polar surface area (TPSA) is 84.9 Å². The Balaban J connectivity index is 2.53. The van der Waals surface area contributed by atoms with Crippen molar-refractivity contribution in [3.05, 3.63) is 53.1 Å². The number of benzene rings is 2. The van der Waals surface area contributed by atoms with Crippen molar-refractivity contribution in [1.82, 2.24) is 0 Å². The largest absolute Gasteiger partial charge is 0.497 e. The van der Waals surface area contributed by atoms with Crippen LogP contribution in [0.3, 0.4) is 0 Å². The van der Waals surface area contributed by atoms with Crippen molar-refractivity contribution in [1.29, 1.82) is 0 Å². The molecule has 0 aliphatic rings. The van der Waals surface area contributed by atoms with E-state index in [0.29, 0.717) is 28.3 Å². The number of rotatable bonds is 4. The Hall–Kier alpha value is -3.46. The van der Waals surface area contributed by atoms with Crippen molar-refractivity contribution < 1.29 is 24.2 Å². The summed E-state index contributed by atoms with van der Waals surface area (Å²) in [7, 11) is 3.01. The Morgan fingerprint density at radius 2 is 1.52 bits per heavy atom. The molecule has 128 valence electrons. The first-order valence-electron chi connectivity index (χ1n) is 7.33. The molecule has 0 radical (unpaired) electrons. The number of methoxy groups -OCH3 is 2. The van der Waals surface area contributed by atoms with Gasteiger partial charge in [0.25, 0.3) is 0 Å². The summed E-state index contributed by atoms with van der Waals surface area (Å²) in [4.78, 5) is 22.7. The van der Waals surface area contributed by atoms with Crippen LogP contribution in [0.5, 0.6) is 11.5 Å². The molecule has 0 heterocycles. The van der Waals surface area contributed by atoms with Crippen molar-refractivity contribution in [2.45, 2.75) is 6.92 Å². The zero-order valence-electron chi connectivity index (χ0n) is 14.0. The average molecular weight is 339 g/mol. The minimum Gasteiger partial charge on any atom is -0.497 e. The lowest BCUT2D eigenvalue weighted by Crippen LogP contribution is -2.07. The fourth-order valence-corrected chi connectivity index (χ4v) is 2.13. The number of ether oxygens (including phenoxy) is 2. The van der Waals surface area contributed by atoms with Gasteiger partial charge in [0.2, 0.25) is 5.91 Å². The molecule has 2 aromatic carbocycles. The van der Waals surface area contributed by atoms with E-state index in [0.717, 1.165) is 0 Å². The molecule has 0 fully saturated rings. The molecule has 6 heteroatoms. The minimum absolute atomic E-state index is 0.0669.